The van der Waals surface area contributed by atoms with Crippen LogP contribution in [0, 0.1) is 0 Å². The first-order valence-corrected chi connectivity index (χ1v) is 5.56. The van der Waals surface area contributed by atoms with Gasteiger partial charge < -0.3 is 9.90 Å². The number of allylic oxidation sites excluding steroid dienone is 4. The van der Waals surface area contributed by atoms with Gasteiger partial charge in [0.05, 0.1) is 0 Å². The van der Waals surface area contributed by atoms with Crippen molar-refractivity contribution in [1.82, 2.24) is 0 Å². The third-order valence-electron chi connectivity index (χ3n) is 1.90. The van der Waals surface area contributed by atoms with Gasteiger partial charge in [0.25, 0.3) is 0 Å². The van der Waals surface area contributed by atoms with E-state index in [1.165, 1.54) is 11.8 Å². The Morgan fingerprint density at radius 1 is 1.73 bits per heavy atom. The van der Waals surface area contributed by atoms with Crippen molar-refractivity contribution in [2.45, 2.75) is 13.0 Å². The Bertz CT molecular complexity index is 356. The minimum atomic E-state index is -0.289. The molecule has 0 bridgehead atoms. The fourth-order valence-corrected chi connectivity index (χ4v) is 2.17. The Morgan fingerprint density at radius 3 is 2.93 bits per heavy atom. The van der Waals surface area contributed by atoms with Gasteiger partial charge in [-0.15, -0.1) is 11.8 Å². The maximum absolute atomic E-state index is 10.5. The Morgan fingerprint density at radius 2 is 2.47 bits per heavy atom. The third-order valence-corrected chi connectivity index (χ3v) is 3.00. The second-order valence-corrected chi connectivity index (χ2v) is 3.95. The average molecular weight is 223 g/mol. The number of hydrogen-bond acceptors (Lipinski definition) is 4. The number of carbonyl (C=O) groups is 1. The number of aliphatic imine (C=N–C) groups is 1. The van der Waals surface area contributed by atoms with Gasteiger partial charge in [0.1, 0.15) is 23.1 Å². The number of nitrogens with zero attached hydrogens (tertiary/aromatic N) is 1. The van der Waals surface area contributed by atoms with Crippen LogP contribution in [0.5, 0.6) is 0 Å². The molecule has 80 valence electrons. The molecular weight excluding hydrogens is 210 g/mol. The van der Waals surface area contributed by atoms with Crippen molar-refractivity contribution in [3.8, 4) is 0 Å². The predicted octanol–water partition coefficient (Wildman–Crippen LogP) is 2.27. The molecule has 0 spiro atoms. The monoisotopic (exact) mass is 223 g/mol. The Balaban J connectivity index is 2.97. The molecule has 0 aromatic heterocycles. The van der Waals surface area contributed by atoms with Gasteiger partial charge >= 0.3 is 0 Å². The zero-order chi connectivity index (χ0) is 11.3. The molecule has 0 aliphatic carbocycles. The molecule has 0 fully saturated rings. The van der Waals surface area contributed by atoms with E-state index >= 15 is 0 Å². The van der Waals surface area contributed by atoms with E-state index < -0.39 is 0 Å². The molecule has 3 nitrogen and oxygen atoms in total. The molecule has 1 heterocycles. The Labute approximate surface area is 93.3 Å². The predicted molar refractivity (Wildman–Crippen MR) is 64.4 cm³/mol. The molecule has 1 rings (SSSR count). The van der Waals surface area contributed by atoms with E-state index in [1.807, 2.05) is 0 Å². The van der Waals surface area contributed by atoms with E-state index in [-0.39, 0.29) is 11.8 Å². The Hall–Kier alpha value is -1.29. The van der Waals surface area contributed by atoms with Gasteiger partial charge in [0.15, 0.2) is 0 Å². The third kappa shape index (κ3) is 2.83. The first kappa shape index (κ1) is 11.8. The quantitative estimate of drug-likeness (QED) is 0.452. The van der Waals surface area contributed by atoms with Gasteiger partial charge in [-0.2, -0.15) is 0 Å². The van der Waals surface area contributed by atoms with E-state index in [4.69, 9.17) is 0 Å². The minimum Gasteiger partial charge on any atom is -0.508 e. The zero-order valence-electron chi connectivity index (χ0n) is 8.51. The molecule has 0 aromatic rings. The number of rotatable bonds is 4. The number of aliphatic hydroxyl groups excluding tert-OH is 1. The van der Waals surface area contributed by atoms with Crippen LogP contribution in [0.4, 0.5) is 0 Å². The van der Waals surface area contributed by atoms with Gasteiger partial charge in [-0.3, -0.25) is 4.99 Å². The number of aliphatic hydroxyl groups is 1. The molecule has 0 saturated carbocycles. The highest BCUT2D eigenvalue weighted by Crippen LogP contribution is 2.25. The lowest BCUT2D eigenvalue weighted by Gasteiger charge is -2.03. The lowest BCUT2D eigenvalue weighted by molar-refractivity contribution is -0.108. The summed E-state index contributed by atoms with van der Waals surface area (Å²) in [5.41, 5.74) is 0.627. The van der Waals surface area contributed by atoms with Crippen molar-refractivity contribution in [3.05, 3.63) is 36.1 Å². The first-order chi connectivity index (χ1) is 7.22. The topological polar surface area (TPSA) is 49.7 Å². The lowest BCUT2D eigenvalue weighted by Crippen LogP contribution is -2.03. The fraction of sp³-hybridized carbons (Fsp3) is 0.273. The van der Waals surface area contributed by atoms with Crippen molar-refractivity contribution >= 4 is 23.1 Å². The van der Waals surface area contributed by atoms with Crippen LogP contribution in [0.1, 0.15) is 6.92 Å². The standard InChI is InChI=1S/C11H13NO2S/c1-3-5-9(10(14)4-2)11-12-8(6-13)7-15-11/h3-6,8,14H,1,7H2,2H3/b9-5+,10-4+. The van der Waals surface area contributed by atoms with Gasteiger partial charge in [0.2, 0.25) is 0 Å². The molecular formula is C11H13NO2S. The molecule has 0 radical (unpaired) electrons. The van der Waals surface area contributed by atoms with Crippen LogP contribution in [0.25, 0.3) is 0 Å². The highest BCUT2D eigenvalue weighted by Gasteiger charge is 2.21. The largest absolute Gasteiger partial charge is 0.508 e. The number of hydrogen-bond donors (Lipinski definition) is 1. The van der Waals surface area contributed by atoms with Crippen molar-refractivity contribution < 1.29 is 9.90 Å². The van der Waals surface area contributed by atoms with E-state index in [9.17, 15) is 9.90 Å². The molecule has 1 unspecified atom stereocenters. The lowest BCUT2D eigenvalue weighted by atomic mass is 10.2. The highest BCUT2D eigenvalue weighted by molar-refractivity contribution is 8.14. The maximum atomic E-state index is 10.5. The van der Waals surface area contributed by atoms with Crippen LogP contribution in [0.2, 0.25) is 0 Å². The fourth-order valence-electron chi connectivity index (χ4n) is 1.15. The van der Waals surface area contributed by atoms with Crippen LogP contribution in [0.15, 0.2) is 41.1 Å². The van der Waals surface area contributed by atoms with Crippen LogP contribution in [-0.2, 0) is 4.79 Å². The number of aldehydes is 1. The minimum absolute atomic E-state index is 0.160. The molecule has 0 amide bonds. The average Bonchev–Trinajstić information content (AvgIpc) is 2.73. The smallest absolute Gasteiger partial charge is 0.145 e. The van der Waals surface area contributed by atoms with E-state index in [0.717, 1.165) is 6.29 Å². The normalized spacial score (nSPS) is 22.5. The molecule has 0 saturated heterocycles. The molecule has 1 aliphatic rings. The van der Waals surface area contributed by atoms with Crippen molar-refractivity contribution in [2.24, 2.45) is 4.99 Å². The molecule has 4 heteroatoms. The maximum Gasteiger partial charge on any atom is 0.145 e. The van der Waals surface area contributed by atoms with Gasteiger partial charge in [0, 0.05) is 11.3 Å². The summed E-state index contributed by atoms with van der Waals surface area (Å²) in [6.45, 7) is 5.32. The second-order valence-electron chi connectivity index (χ2n) is 2.94. The van der Waals surface area contributed by atoms with E-state index in [1.54, 1.807) is 25.2 Å². The van der Waals surface area contributed by atoms with Gasteiger partial charge in [-0.1, -0.05) is 12.7 Å². The first-order valence-electron chi connectivity index (χ1n) is 4.57. The van der Waals surface area contributed by atoms with Gasteiger partial charge in [-0.25, -0.2) is 0 Å². The molecule has 1 atom stereocenters. The van der Waals surface area contributed by atoms with Crippen molar-refractivity contribution in [2.75, 3.05) is 5.75 Å². The van der Waals surface area contributed by atoms with Crippen molar-refractivity contribution in [1.29, 1.82) is 0 Å². The van der Waals surface area contributed by atoms with E-state index in [0.29, 0.717) is 16.4 Å². The molecule has 15 heavy (non-hydrogen) atoms. The van der Waals surface area contributed by atoms with Crippen LogP contribution in [0.3, 0.4) is 0 Å². The summed E-state index contributed by atoms with van der Waals surface area (Å²) in [4.78, 5) is 14.7. The summed E-state index contributed by atoms with van der Waals surface area (Å²) in [7, 11) is 0. The number of thioether (sulfide) groups is 1. The number of carbonyl (C=O) groups excluding carboxylic acids is 1. The Kier molecular flexibility index (Phi) is 4.37. The summed E-state index contributed by atoms with van der Waals surface area (Å²) >= 11 is 1.47. The van der Waals surface area contributed by atoms with Gasteiger partial charge in [-0.05, 0) is 19.1 Å². The summed E-state index contributed by atoms with van der Waals surface area (Å²) in [5, 5.41) is 10.3. The summed E-state index contributed by atoms with van der Waals surface area (Å²) in [6.07, 6.45) is 5.69. The SMILES string of the molecule is C=C/C=C(C1=NC(C=O)CS1)\C(O)=C/C. The molecule has 1 N–H and O–H groups in total. The highest BCUT2D eigenvalue weighted by atomic mass is 32.2. The van der Waals surface area contributed by atoms with Crippen molar-refractivity contribution in [3.63, 3.8) is 0 Å². The molecule has 0 aromatic carbocycles. The van der Waals surface area contributed by atoms with Crippen LogP contribution in [-0.4, -0.2) is 28.2 Å². The van der Waals surface area contributed by atoms with Crippen LogP contribution < -0.4 is 0 Å². The summed E-state index contributed by atoms with van der Waals surface area (Å²) < 4.78 is 0. The van der Waals surface area contributed by atoms with Crippen LogP contribution >= 0.6 is 11.8 Å². The molecule has 1 aliphatic heterocycles. The summed E-state index contributed by atoms with van der Waals surface area (Å²) in [5.74, 6) is 0.803. The summed E-state index contributed by atoms with van der Waals surface area (Å²) in [6, 6.07) is -0.289. The second kappa shape index (κ2) is 5.56. The van der Waals surface area contributed by atoms with E-state index in [2.05, 4.69) is 11.6 Å². The zero-order valence-corrected chi connectivity index (χ0v) is 9.33.